The standard InChI is InChI=1S/C16H25N3O2/c1-11(2)16(3,10-17)18-14(20)12-7-6-8-13(9-12)15(21)19(4)5/h6-9,11H,10,17H2,1-5H3,(H,18,20). The van der Waals surface area contributed by atoms with Crippen molar-refractivity contribution in [3.8, 4) is 0 Å². The van der Waals surface area contributed by atoms with E-state index in [1.54, 1.807) is 38.4 Å². The first-order valence-corrected chi connectivity index (χ1v) is 7.05. The lowest BCUT2D eigenvalue weighted by molar-refractivity contribution is 0.0827. The Morgan fingerprint density at radius 3 is 2.33 bits per heavy atom. The van der Waals surface area contributed by atoms with Crippen molar-refractivity contribution >= 4 is 11.8 Å². The van der Waals surface area contributed by atoms with E-state index in [9.17, 15) is 9.59 Å². The fourth-order valence-electron chi connectivity index (χ4n) is 1.81. The van der Waals surface area contributed by atoms with Crippen molar-refractivity contribution in [2.24, 2.45) is 11.7 Å². The van der Waals surface area contributed by atoms with Gasteiger partial charge in [-0.2, -0.15) is 0 Å². The van der Waals surface area contributed by atoms with Crippen LogP contribution in [0, 0.1) is 5.92 Å². The Morgan fingerprint density at radius 1 is 1.29 bits per heavy atom. The summed E-state index contributed by atoms with van der Waals surface area (Å²) in [6.45, 7) is 6.30. The van der Waals surface area contributed by atoms with E-state index in [1.165, 1.54) is 4.90 Å². The molecule has 2 amide bonds. The van der Waals surface area contributed by atoms with Gasteiger partial charge < -0.3 is 16.0 Å². The third kappa shape index (κ3) is 4.04. The first-order chi connectivity index (χ1) is 9.71. The van der Waals surface area contributed by atoms with Crippen molar-refractivity contribution in [3.63, 3.8) is 0 Å². The minimum absolute atomic E-state index is 0.130. The Hall–Kier alpha value is -1.88. The zero-order valence-electron chi connectivity index (χ0n) is 13.4. The normalized spacial score (nSPS) is 13.7. The molecule has 0 fully saturated rings. The molecule has 0 aliphatic rings. The summed E-state index contributed by atoms with van der Waals surface area (Å²) in [6, 6.07) is 6.71. The summed E-state index contributed by atoms with van der Waals surface area (Å²) in [6.07, 6.45) is 0. The van der Waals surface area contributed by atoms with E-state index >= 15 is 0 Å². The van der Waals surface area contributed by atoms with Crippen LogP contribution >= 0.6 is 0 Å². The van der Waals surface area contributed by atoms with Crippen LogP contribution in [0.15, 0.2) is 24.3 Å². The lowest BCUT2D eigenvalue weighted by Crippen LogP contribution is -2.55. The number of hydrogen-bond acceptors (Lipinski definition) is 3. The molecule has 5 heteroatoms. The van der Waals surface area contributed by atoms with Crippen LogP contribution in [-0.4, -0.2) is 42.9 Å². The smallest absolute Gasteiger partial charge is 0.253 e. The molecule has 0 saturated carbocycles. The van der Waals surface area contributed by atoms with Gasteiger partial charge in [-0.25, -0.2) is 0 Å². The van der Waals surface area contributed by atoms with Crippen LogP contribution in [0.4, 0.5) is 0 Å². The third-order valence-electron chi connectivity index (χ3n) is 3.88. The molecule has 116 valence electrons. The second-order valence-electron chi connectivity index (χ2n) is 6.01. The number of amides is 2. The molecule has 0 aromatic heterocycles. The number of rotatable bonds is 5. The van der Waals surface area contributed by atoms with E-state index in [-0.39, 0.29) is 17.7 Å². The highest BCUT2D eigenvalue weighted by Crippen LogP contribution is 2.16. The van der Waals surface area contributed by atoms with Gasteiger partial charge in [-0.05, 0) is 31.0 Å². The van der Waals surface area contributed by atoms with Crippen molar-refractivity contribution in [3.05, 3.63) is 35.4 Å². The van der Waals surface area contributed by atoms with Gasteiger partial charge in [0.2, 0.25) is 0 Å². The summed E-state index contributed by atoms with van der Waals surface area (Å²) >= 11 is 0. The van der Waals surface area contributed by atoms with E-state index in [4.69, 9.17) is 5.73 Å². The van der Waals surface area contributed by atoms with Gasteiger partial charge in [-0.15, -0.1) is 0 Å². The molecule has 0 aliphatic heterocycles. The number of hydrogen-bond donors (Lipinski definition) is 2. The number of nitrogens with two attached hydrogens (primary N) is 1. The average Bonchev–Trinajstić information content (AvgIpc) is 2.45. The van der Waals surface area contributed by atoms with Crippen LogP contribution in [-0.2, 0) is 0 Å². The lowest BCUT2D eigenvalue weighted by atomic mass is 9.88. The number of nitrogens with one attached hydrogen (secondary N) is 1. The molecule has 0 spiro atoms. The first-order valence-electron chi connectivity index (χ1n) is 7.05. The largest absolute Gasteiger partial charge is 0.345 e. The van der Waals surface area contributed by atoms with Crippen molar-refractivity contribution in [1.29, 1.82) is 0 Å². The van der Waals surface area contributed by atoms with Gasteiger partial charge in [-0.1, -0.05) is 19.9 Å². The van der Waals surface area contributed by atoms with Crippen molar-refractivity contribution in [2.45, 2.75) is 26.3 Å². The Kier molecular flexibility index (Phi) is 5.49. The molecular formula is C16H25N3O2. The zero-order chi connectivity index (χ0) is 16.2. The van der Waals surface area contributed by atoms with Crippen LogP contribution in [0.1, 0.15) is 41.5 Å². The third-order valence-corrected chi connectivity index (χ3v) is 3.88. The maximum atomic E-state index is 12.4. The summed E-state index contributed by atoms with van der Waals surface area (Å²) < 4.78 is 0. The highest BCUT2D eigenvalue weighted by atomic mass is 16.2. The number of carbonyl (C=O) groups excluding carboxylic acids is 2. The molecule has 1 aromatic rings. The minimum Gasteiger partial charge on any atom is -0.345 e. The molecule has 5 nitrogen and oxygen atoms in total. The lowest BCUT2D eigenvalue weighted by Gasteiger charge is -2.33. The number of nitrogens with zero attached hydrogens (tertiary/aromatic N) is 1. The molecule has 0 bridgehead atoms. The fraction of sp³-hybridized carbons (Fsp3) is 0.500. The molecule has 0 saturated heterocycles. The van der Waals surface area contributed by atoms with E-state index in [0.717, 1.165) is 0 Å². The van der Waals surface area contributed by atoms with Gasteiger partial charge in [0.25, 0.3) is 11.8 Å². The van der Waals surface area contributed by atoms with Gasteiger partial charge in [0.05, 0.1) is 5.54 Å². The molecule has 1 aromatic carbocycles. The monoisotopic (exact) mass is 291 g/mol. The molecule has 1 rings (SSSR count). The molecule has 1 unspecified atom stereocenters. The Labute approximate surface area is 126 Å². The number of benzene rings is 1. The SMILES string of the molecule is CC(C)C(C)(CN)NC(=O)c1cccc(C(=O)N(C)C)c1. The number of carbonyl (C=O) groups is 2. The molecule has 21 heavy (non-hydrogen) atoms. The van der Waals surface area contributed by atoms with Gasteiger partial charge in [0.1, 0.15) is 0 Å². The van der Waals surface area contributed by atoms with Crippen molar-refractivity contribution in [2.75, 3.05) is 20.6 Å². The summed E-state index contributed by atoms with van der Waals surface area (Å²) in [5, 5.41) is 2.97. The maximum absolute atomic E-state index is 12.4. The maximum Gasteiger partial charge on any atom is 0.253 e. The topological polar surface area (TPSA) is 75.4 Å². The minimum atomic E-state index is -0.474. The first kappa shape index (κ1) is 17.2. The highest BCUT2D eigenvalue weighted by molar-refractivity contribution is 5.99. The van der Waals surface area contributed by atoms with E-state index < -0.39 is 5.54 Å². The molecule has 0 radical (unpaired) electrons. The Balaban J connectivity index is 2.99. The Morgan fingerprint density at radius 2 is 1.86 bits per heavy atom. The van der Waals surface area contributed by atoms with Crippen LogP contribution in [0.25, 0.3) is 0 Å². The molecular weight excluding hydrogens is 266 g/mol. The van der Waals surface area contributed by atoms with Gasteiger partial charge >= 0.3 is 0 Å². The summed E-state index contributed by atoms with van der Waals surface area (Å²) in [7, 11) is 3.36. The zero-order valence-corrected chi connectivity index (χ0v) is 13.4. The molecule has 3 N–H and O–H groups in total. The van der Waals surface area contributed by atoms with Crippen molar-refractivity contribution < 1.29 is 9.59 Å². The van der Waals surface area contributed by atoms with Gasteiger partial charge in [-0.3, -0.25) is 9.59 Å². The van der Waals surface area contributed by atoms with Gasteiger partial charge in [0, 0.05) is 31.8 Å². The van der Waals surface area contributed by atoms with Crippen LogP contribution in [0.3, 0.4) is 0 Å². The molecule has 0 aliphatic carbocycles. The van der Waals surface area contributed by atoms with Crippen LogP contribution in [0.5, 0.6) is 0 Å². The average molecular weight is 291 g/mol. The predicted octanol–water partition coefficient (Wildman–Crippen LogP) is 1.49. The summed E-state index contributed by atoms with van der Waals surface area (Å²) in [5.74, 6) is -0.141. The fourth-order valence-corrected chi connectivity index (χ4v) is 1.81. The van der Waals surface area contributed by atoms with E-state index in [1.807, 2.05) is 20.8 Å². The second-order valence-corrected chi connectivity index (χ2v) is 6.01. The van der Waals surface area contributed by atoms with Crippen LogP contribution in [0.2, 0.25) is 0 Å². The van der Waals surface area contributed by atoms with E-state index in [0.29, 0.717) is 17.7 Å². The second kappa shape index (κ2) is 6.72. The molecule has 1 atom stereocenters. The quantitative estimate of drug-likeness (QED) is 0.863. The molecule has 0 heterocycles. The van der Waals surface area contributed by atoms with Gasteiger partial charge in [0.15, 0.2) is 0 Å². The van der Waals surface area contributed by atoms with Crippen molar-refractivity contribution in [1.82, 2.24) is 10.2 Å². The van der Waals surface area contributed by atoms with Crippen LogP contribution < -0.4 is 11.1 Å². The highest BCUT2D eigenvalue weighted by Gasteiger charge is 2.29. The summed E-state index contributed by atoms with van der Waals surface area (Å²) in [4.78, 5) is 25.8. The van der Waals surface area contributed by atoms with E-state index in [2.05, 4.69) is 5.32 Å². The summed E-state index contributed by atoms with van der Waals surface area (Å²) in [5.41, 5.74) is 6.26. The predicted molar refractivity (Wildman–Crippen MR) is 84.2 cm³/mol. The Bertz CT molecular complexity index is 526.